The number of nitrogens with one attached hydrogen (secondary N) is 1. The predicted molar refractivity (Wildman–Crippen MR) is 123 cm³/mol. The standard InChI is InChI=1S/C22H27N3O6S2/c26-22(23-19-4-2-1-3-5-19)18-10-12-24(13-11-18)32(27,28)20-6-8-21(9-7-20)33(29,30)25-14-16-31-17-15-25/h1-9,18H,10-17H2,(H,23,26). The van der Waals surface area contributed by atoms with Crippen molar-refractivity contribution in [1.82, 2.24) is 8.61 Å². The summed E-state index contributed by atoms with van der Waals surface area (Å²) in [5, 5.41) is 2.87. The van der Waals surface area contributed by atoms with E-state index in [1.54, 1.807) is 12.1 Å². The molecule has 0 radical (unpaired) electrons. The number of piperidine rings is 1. The van der Waals surface area contributed by atoms with Crippen LogP contribution in [0.1, 0.15) is 12.8 Å². The summed E-state index contributed by atoms with van der Waals surface area (Å²) in [6, 6.07) is 14.5. The Kier molecular flexibility index (Phi) is 7.15. The van der Waals surface area contributed by atoms with E-state index in [0.29, 0.717) is 31.7 Å². The number of carbonyl (C=O) groups is 1. The first-order valence-corrected chi connectivity index (χ1v) is 13.7. The molecular weight excluding hydrogens is 466 g/mol. The zero-order chi connectivity index (χ0) is 23.5. The Hall–Kier alpha value is -2.31. The molecule has 0 aliphatic carbocycles. The molecule has 4 rings (SSSR count). The van der Waals surface area contributed by atoms with Crippen molar-refractivity contribution in [3.63, 3.8) is 0 Å². The predicted octanol–water partition coefficient (Wildman–Crippen LogP) is 1.75. The van der Waals surface area contributed by atoms with Gasteiger partial charge in [0.05, 0.1) is 23.0 Å². The average molecular weight is 494 g/mol. The van der Waals surface area contributed by atoms with Gasteiger partial charge in [-0.15, -0.1) is 0 Å². The van der Waals surface area contributed by atoms with Crippen LogP contribution in [-0.4, -0.2) is 70.7 Å². The second-order valence-corrected chi connectivity index (χ2v) is 11.9. The zero-order valence-corrected chi connectivity index (χ0v) is 19.7. The number of sulfonamides is 2. The fourth-order valence-corrected chi connectivity index (χ4v) is 6.87. The molecule has 2 aliphatic heterocycles. The van der Waals surface area contributed by atoms with Gasteiger partial charge >= 0.3 is 0 Å². The number of nitrogens with zero attached hydrogens (tertiary/aromatic N) is 2. The lowest BCUT2D eigenvalue weighted by Crippen LogP contribution is -2.41. The Labute approximate surface area is 194 Å². The molecule has 178 valence electrons. The summed E-state index contributed by atoms with van der Waals surface area (Å²) in [6.07, 6.45) is 0.836. The number of ether oxygens (including phenoxy) is 1. The summed E-state index contributed by atoms with van der Waals surface area (Å²) in [7, 11) is -7.48. The highest BCUT2D eigenvalue weighted by molar-refractivity contribution is 7.89. The molecule has 0 atom stereocenters. The van der Waals surface area contributed by atoms with E-state index in [-0.39, 0.29) is 47.8 Å². The van der Waals surface area contributed by atoms with Crippen molar-refractivity contribution in [3.05, 3.63) is 54.6 Å². The van der Waals surface area contributed by atoms with Gasteiger partial charge in [-0.2, -0.15) is 8.61 Å². The maximum absolute atomic E-state index is 13.1. The van der Waals surface area contributed by atoms with Gasteiger partial charge in [0.15, 0.2) is 0 Å². The van der Waals surface area contributed by atoms with E-state index in [9.17, 15) is 21.6 Å². The number of hydrogen-bond acceptors (Lipinski definition) is 6. The largest absolute Gasteiger partial charge is 0.379 e. The highest BCUT2D eigenvalue weighted by Gasteiger charge is 2.33. The van der Waals surface area contributed by atoms with Gasteiger partial charge in [-0.1, -0.05) is 18.2 Å². The second kappa shape index (κ2) is 9.90. The van der Waals surface area contributed by atoms with Gasteiger partial charge in [0, 0.05) is 37.8 Å². The Morgan fingerprint density at radius 1 is 0.758 bits per heavy atom. The molecular formula is C22H27N3O6S2. The van der Waals surface area contributed by atoms with Crippen LogP contribution in [0.2, 0.25) is 0 Å². The molecule has 2 saturated heterocycles. The van der Waals surface area contributed by atoms with Gasteiger partial charge in [-0.05, 0) is 49.2 Å². The van der Waals surface area contributed by atoms with Gasteiger partial charge < -0.3 is 10.1 Å². The summed E-state index contributed by atoms with van der Waals surface area (Å²) >= 11 is 0. The summed E-state index contributed by atoms with van der Waals surface area (Å²) in [5.74, 6) is -0.381. The maximum Gasteiger partial charge on any atom is 0.243 e. The van der Waals surface area contributed by atoms with Crippen molar-refractivity contribution < 1.29 is 26.4 Å². The molecule has 2 fully saturated rings. The summed E-state index contributed by atoms with van der Waals surface area (Å²) in [4.78, 5) is 12.6. The maximum atomic E-state index is 13.1. The van der Waals surface area contributed by atoms with Crippen LogP contribution in [0.3, 0.4) is 0 Å². The molecule has 9 nitrogen and oxygen atoms in total. The van der Waals surface area contributed by atoms with Crippen LogP contribution in [0.25, 0.3) is 0 Å². The molecule has 0 saturated carbocycles. The van der Waals surface area contributed by atoms with Gasteiger partial charge in [-0.25, -0.2) is 16.8 Å². The molecule has 1 N–H and O–H groups in total. The lowest BCUT2D eigenvalue weighted by Gasteiger charge is -2.30. The van der Waals surface area contributed by atoms with E-state index in [0.717, 1.165) is 0 Å². The summed E-state index contributed by atoms with van der Waals surface area (Å²) in [6.45, 7) is 1.67. The van der Waals surface area contributed by atoms with Gasteiger partial charge in [0.1, 0.15) is 0 Å². The fraction of sp³-hybridized carbons (Fsp3) is 0.409. The van der Waals surface area contributed by atoms with Crippen LogP contribution in [-0.2, 0) is 29.6 Å². The lowest BCUT2D eigenvalue weighted by atomic mass is 9.97. The van der Waals surface area contributed by atoms with E-state index in [1.165, 1.54) is 32.9 Å². The molecule has 0 aromatic heterocycles. The molecule has 0 unspecified atom stereocenters. The first-order valence-electron chi connectivity index (χ1n) is 10.8. The smallest absolute Gasteiger partial charge is 0.243 e. The topological polar surface area (TPSA) is 113 Å². The van der Waals surface area contributed by atoms with Crippen LogP contribution in [0, 0.1) is 5.92 Å². The summed E-state index contributed by atoms with van der Waals surface area (Å²) in [5.41, 5.74) is 0.713. The molecule has 2 aliphatic rings. The highest BCUT2D eigenvalue weighted by Crippen LogP contribution is 2.26. The Balaban J connectivity index is 1.39. The number of rotatable bonds is 6. The Bertz CT molecular complexity index is 1170. The number of amides is 1. The average Bonchev–Trinajstić information content (AvgIpc) is 2.85. The van der Waals surface area contributed by atoms with Gasteiger partial charge in [0.25, 0.3) is 0 Å². The minimum Gasteiger partial charge on any atom is -0.379 e. The van der Waals surface area contributed by atoms with Crippen LogP contribution in [0.5, 0.6) is 0 Å². The van der Waals surface area contributed by atoms with E-state index < -0.39 is 20.0 Å². The van der Waals surface area contributed by atoms with Gasteiger partial charge in [-0.3, -0.25) is 4.79 Å². The Morgan fingerprint density at radius 2 is 1.24 bits per heavy atom. The first kappa shape index (κ1) is 23.8. The van der Waals surface area contributed by atoms with Crippen molar-refractivity contribution in [2.75, 3.05) is 44.7 Å². The Morgan fingerprint density at radius 3 is 1.76 bits per heavy atom. The van der Waals surface area contributed by atoms with Crippen LogP contribution >= 0.6 is 0 Å². The van der Waals surface area contributed by atoms with Crippen LogP contribution in [0.4, 0.5) is 5.69 Å². The van der Waals surface area contributed by atoms with Crippen LogP contribution in [0.15, 0.2) is 64.4 Å². The zero-order valence-electron chi connectivity index (χ0n) is 18.1. The molecule has 0 bridgehead atoms. The number of hydrogen-bond donors (Lipinski definition) is 1. The first-order chi connectivity index (χ1) is 15.8. The molecule has 0 spiro atoms. The number of carbonyl (C=O) groups excluding carboxylic acids is 1. The van der Waals surface area contributed by atoms with E-state index in [1.807, 2.05) is 18.2 Å². The second-order valence-electron chi connectivity index (χ2n) is 8.02. The van der Waals surface area contributed by atoms with Crippen molar-refractivity contribution in [2.45, 2.75) is 22.6 Å². The lowest BCUT2D eigenvalue weighted by molar-refractivity contribution is -0.120. The molecule has 33 heavy (non-hydrogen) atoms. The monoisotopic (exact) mass is 493 g/mol. The highest BCUT2D eigenvalue weighted by atomic mass is 32.2. The molecule has 1 amide bonds. The van der Waals surface area contributed by atoms with E-state index in [4.69, 9.17) is 4.74 Å². The molecule has 2 aromatic carbocycles. The number of anilines is 1. The molecule has 2 aromatic rings. The molecule has 2 heterocycles. The number of morpholine rings is 1. The van der Waals surface area contributed by atoms with E-state index >= 15 is 0 Å². The molecule has 11 heteroatoms. The van der Waals surface area contributed by atoms with Crippen molar-refractivity contribution in [3.8, 4) is 0 Å². The third-order valence-electron chi connectivity index (χ3n) is 5.94. The summed E-state index contributed by atoms with van der Waals surface area (Å²) < 4.78 is 59.5. The fourth-order valence-electron chi connectivity index (χ4n) is 3.99. The quantitative estimate of drug-likeness (QED) is 0.656. The third-order valence-corrected chi connectivity index (χ3v) is 9.76. The van der Waals surface area contributed by atoms with Crippen molar-refractivity contribution in [1.29, 1.82) is 0 Å². The third kappa shape index (κ3) is 5.28. The van der Waals surface area contributed by atoms with E-state index in [2.05, 4.69) is 5.32 Å². The van der Waals surface area contributed by atoms with Crippen molar-refractivity contribution in [2.24, 2.45) is 5.92 Å². The number of benzene rings is 2. The van der Waals surface area contributed by atoms with Crippen LogP contribution < -0.4 is 5.32 Å². The van der Waals surface area contributed by atoms with Crippen molar-refractivity contribution >= 4 is 31.6 Å². The SMILES string of the molecule is O=C(Nc1ccccc1)C1CCN(S(=O)(=O)c2ccc(S(=O)(=O)N3CCOCC3)cc2)CC1. The minimum absolute atomic E-state index is 0.0376. The normalized spacial score (nSPS) is 19.3. The minimum atomic E-state index is -3.78. The number of para-hydroxylation sites is 1. The van der Waals surface area contributed by atoms with Gasteiger partial charge in [0.2, 0.25) is 26.0 Å².